The molecule has 1 aromatic rings. The van der Waals surface area contributed by atoms with E-state index in [1.165, 1.54) is 0 Å². The lowest BCUT2D eigenvalue weighted by molar-refractivity contribution is 0.0686. The Morgan fingerprint density at radius 2 is 2.33 bits per heavy atom. The topological polar surface area (TPSA) is 86.3 Å². The first kappa shape index (κ1) is 9.85. The Kier molecular flexibility index (Phi) is 2.28. The number of fused-ring (bicyclic) bond motifs is 1. The summed E-state index contributed by atoms with van der Waals surface area (Å²) in [6, 6.07) is 0. The van der Waals surface area contributed by atoms with Gasteiger partial charge in [0.1, 0.15) is 0 Å². The highest BCUT2D eigenvalue weighted by atomic mass is 16.4. The Morgan fingerprint density at radius 1 is 1.60 bits per heavy atom. The molecule has 1 aromatic heterocycles. The number of likely N-dealkylation sites (N-methyl/N-ethyl adjacent to an activating group) is 1. The van der Waals surface area contributed by atoms with Crippen molar-refractivity contribution in [3.05, 3.63) is 27.4 Å². The second-order valence-electron chi connectivity index (χ2n) is 3.64. The van der Waals surface area contributed by atoms with Crippen LogP contribution >= 0.6 is 0 Å². The molecule has 0 spiro atoms. The molecule has 2 N–H and O–H groups in total. The maximum atomic E-state index is 11.1. The van der Waals surface area contributed by atoms with E-state index in [4.69, 9.17) is 5.11 Å². The lowest BCUT2D eigenvalue weighted by Crippen LogP contribution is -2.32. The Labute approximate surface area is 85.6 Å². The van der Waals surface area contributed by atoms with Gasteiger partial charge in [-0.1, -0.05) is 0 Å². The van der Waals surface area contributed by atoms with Crippen LogP contribution in [0, 0.1) is 0 Å². The van der Waals surface area contributed by atoms with Crippen molar-refractivity contribution >= 4 is 5.97 Å². The molecule has 0 amide bonds. The van der Waals surface area contributed by atoms with Gasteiger partial charge in [0.25, 0.3) is 0 Å². The average Bonchev–Trinajstić information content (AvgIpc) is 2.17. The second kappa shape index (κ2) is 3.47. The van der Waals surface area contributed by atoms with Crippen LogP contribution in [0.3, 0.4) is 0 Å². The second-order valence-corrected chi connectivity index (χ2v) is 3.64. The molecular weight excluding hydrogens is 198 g/mol. The fourth-order valence-corrected chi connectivity index (χ4v) is 1.76. The fourth-order valence-electron chi connectivity index (χ4n) is 1.76. The van der Waals surface area contributed by atoms with Gasteiger partial charge in [-0.15, -0.1) is 0 Å². The fraction of sp³-hybridized carbons (Fsp3) is 0.444. The van der Waals surface area contributed by atoms with E-state index >= 15 is 0 Å². The van der Waals surface area contributed by atoms with E-state index in [1.807, 2.05) is 11.9 Å². The summed E-state index contributed by atoms with van der Waals surface area (Å²) in [5.41, 5.74) is 0.609. The molecule has 0 bridgehead atoms. The molecule has 6 heteroatoms. The highest BCUT2D eigenvalue weighted by Crippen LogP contribution is 2.16. The number of aromatic carboxylic acids is 1. The van der Waals surface area contributed by atoms with Crippen LogP contribution < -0.4 is 5.69 Å². The van der Waals surface area contributed by atoms with Gasteiger partial charge in [-0.2, -0.15) is 4.98 Å². The van der Waals surface area contributed by atoms with Crippen LogP contribution in [0.15, 0.2) is 4.79 Å². The molecule has 1 aliphatic heterocycles. The van der Waals surface area contributed by atoms with Crippen molar-refractivity contribution < 1.29 is 9.90 Å². The van der Waals surface area contributed by atoms with Gasteiger partial charge in [0, 0.05) is 30.8 Å². The highest BCUT2D eigenvalue weighted by Gasteiger charge is 2.22. The minimum Gasteiger partial charge on any atom is -0.476 e. The van der Waals surface area contributed by atoms with Gasteiger partial charge in [-0.05, 0) is 7.05 Å². The van der Waals surface area contributed by atoms with E-state index in [0.29, 0.717) is 24.2 Å². The predicted octanol–water partition coefficient (Wildman–Crippen LogP) is -0.544. The Hall–Kier alpha value is -1.69. The monoisotopic (exact) mass is 209 g/mol. The number of nitrogens with zero attached hydrogens (tertiary/aromatic N) is 2. The molecule has 1 aliphatic rings. The van der Waals surface area contributed by atoms with Gasteiger partial charge >= 0.3 is 11.7 Å². The van der Waals surface area contributed by atoms with Crippen LogP contribution in [0.2, 0.25) is 0 Å². The number of aromatic amines is 1. The first-order valence-electron chi connectivity index (χ1n) is 4.62. The van der Waals surface area contributed by atoms with Crippen LogP contribution in [0.4, 0.5) is 0 Å². The minimum absolute atomic E-state index is 0.125. The summed E-state index contributed by atoms with van der Waals surface area (Å²) in [4.78, 5) is 30.1. The third-order valence-electron chi connectivity index (χ3n) is 2.50. The summed E-state index contributed by atoms with van der Waals surface area (Å²) in [5.74, 6) is -1.15. The van der Waals surface area contributed by atoms with Gasteiger partial charge < -0.3 is 15.0 Å². The lowest BCUT2D eigenvalue weighted by Gasteiger charge is -2.24. The van der Waals surface area contributed by atoms with E-state index in [-0.39, 0.29) is 5.69 Å². The molecule has 80 valence electrons. The number of carboxylic acids is 1. The van der Waals surface area contributed by atoms with Gasteiger partial charge in [0.15, 0.2) is 5.69 Å². The Balaban J connectivity index is 2.60. The number of nitrogens with one attached hydrogen (secondary N) is 1. The summed E-state index contributed by atoms with van der Waals surface area (Å²) in [7, 11) is 1.90. The molecule has 0 radical (unpaired) electrons. The molecular formula is C9H11N3O3. The van der Waals surface area contributed by atoms with Gasteiger partial charge in [-0.3, -0.25) is 0 Å². The molecule has 2 rings (SSSR count). The summed E-state index contributed by atoms with van der Waals surface area (Å²) < 4.78 is 0. The first-order valence-corrected chi connectivity index (χ1v) is 4.62. The van der Waals surface area contributed by atoms with Crippen LogP contribution in [-0.4, -0.2) is 39.5 Å². The van der Waals surface area contributed by atoms with Crippen LogP contribution in [-0.2, 0) is 13.0 Å². The van der Waals surface area contributed by atoms with Crippen LogP contribution in [0.5, 0.6) is 0 Å². The maximum absolute atomic E-state index is 11.1. The Morgan fingerprint density at radius 3 is 3.00 bits per heavy atom. The van der Waals surface area contributed by atoms with Gasteiger partial charge in [0.05, 0.1) is 0 Å². The zero-order valence-corrected chi connectivity index (χ0v) is 8.28. The van der Waals surface area contributed by atoms with Gasteiger partial charge in [-0.25, -0.2) is 9.59 Å². The van der Waals surface area contributed by atoms with E-state index in [9.17, 15) is 9.59 Å². The van der Waals surface area contributed by atoms with Crippen molar-refractivity contribution in [3.8, 4) is 0 Å². The minimum atomic E-state index is -1.15. The lowest BCUT2D eigenvalue weighted by atomic mass is 10.0. The first-order chi connectivity index (χ1) is 7.08. The number of H-pyrrole nitrogens is 1. The van der Waals surface area contributed by atoms with Crippen molar-refractivity contribution in [2.45, 2.75) is 13.0 Å². The molecule has 0 aromatic carbocycles. The van der Waals surface area contributed by atoms with Crippen molar-refractivity contribution in [1.29, 1.82) is 0 Å². The van der Waals surface area contributed by atoms with Gasteiger partial charge in [0.2, 0.25) is 0 Å². The molecule has 0 saturated heterocycles. The molecule has 0 unspecified atom stereocenters. The van der Waals surface area contributed by atoms with Crippen LogP contribution in [0.25, 0.3) is 0 Å². The molecule has 0 aliphatic carbocycles. The third-order valence-corrected chi connectivity index (χ3v) is 2.50. The summed E-state index contributed by atoms with van der Waals surface area (Å²) in [6.07, 6.45) is 0.657. The number of hydrogen-bond acceptors (Lipinski definition) is 4. The molecule has 2 heterocycles. The van der Waals surface area contributed by atoms with Crippen molar-refractivity contribution in [1.82, 2.24) is 14.9 Å². The van der Waals surface area contributed by atoms with Crippen LogP contribution in [0.1, 0.15) is 21.7 Å². The summed E-state index contributed by atoms with van der Waals surface area (Å²) in [5, 5.41) is 8.92. The number of carbonyl (C=O) groups is 1. The Bertz CT molecular complexity index is 466. The number of carboxylic acid groups (broad SMARTS) is 1. The van der Waals surface area contributed by atoms with Crippen molar-refractivity contribution in [2.24, 2.45) is 0 Å². The smallest absolute Gasteiger partial charge is 0.355 e. The maximum Gasteiger partial charge on any atom is 0.355 e. The quantitative estimate of drug-likeness (QED) is 0.648. The van der Waals surface area contributed by atoms with Crippen molar-refractivity contribution in [2.75, 3.05) is 13.6 Å². The predicted molar refractivity (Wildman–Crippen MR) is 51.9 cm³/mol. The van der Waals surface area contributed by atoms with E-state index < -0.39 is 11.7 Å². The molecule has 15 heavy (non-hydrogen) atoms. The van der Waals surface area contributed by atoms with E-state index in [0.717, 1.165) is 6.54 Å². The molecule has 0 atom stereocenters. The van der Waals surface area contributed by atoms with Crippen molar-refractivity contribution in [3.63, 3.8) is 0 Å². The number of hydrogen-bond donors (Lipinski definition) is 2. The van der Waals surface area contributed by atoms with E-state index in [1.54, 1.807) is 0 Å². The average molecular weight is 209 g/mol. The molecule has 6 nitrogen and oxygen atoms in total. The SMILES string of the molecule is CN1CCc2[nH]c(=O)nc(C(=O)O)c2C1. The zero-order valence-electron chi connectivity index (χ0n) is 8.28. The number of rotatable bonds is 1. The standard InChI is InChI=1S/C9H11N3O3/c1-12-3-2-6-5(4-12)7(8(13)14)11-9(15)10-6/h2-4H2,1H3,(H,13,14)(H,10,11,15). The molecule has 0 fully saturated rings. The summed E-state index contributed by atoms with van der Waals surface area (Å²) >= 11 is 0. The highest BCUT2D eigenvalue weighted by molar-refractivity contribution is 5.87. The third kappa shape index (κ3) is 1.75. The van der Waals surface area contributed by atoms with E-state index in [2.05, 4.69) is 9.97 Å². The summed E-state index contributed by atoms with van der Waals surface area (Å²) in [6.45, 7) is 1.33. The largest absolute Gasteiger partial charge is 0.476 e. The number of aromatic nitrogens is 2. The molecule has 0 saturated carbocycles. The zero-order chi connectivity index (χ0) is 11.0. The normalized spacial score (nSPS) is 16.1.